The van der Waals surface area contributed by atoms with Crippen molar-refractivity contribution in [1.29, 1.82) is 0 Å². The number of methoxy groups -OCH3 is 1. The fraction of sp³-hybridized carbons (Fsp3) is 0.297. The lowest BCUT2D eigenvalue weighted by Gasteiger charge is -2.26. The Hall–Kier alpha value is -4.76. The van der Waals surface area contributed by atoms with E-state index in [0.717, 1.165) is 30.3 Å². The molecule has 0 bridgehead atoms. The summed E-state index contributed by atoms with van der Waals surface area (Å²) in [6.45, 7) is 8.85. The molecule has 3 unspecified atom stereocenters. The number of cyclic esters (lactones) is 1. The molecule has 2 aliphatic heterocycles. The summed E-state index contributed by atoms with van der Waals surface area (Å²) >= 11 is 0. The van der Waals surface area contributed by atoms with Crippen molar-refractivity contribution in [2.24, 2.45) is 0 Å². The number of fused-ring (bicyclic) bond motifs is 1. The molecule has 3 aliphatic rings. The van der Waals surface area contributed by atoms with Crippen molar-refractivity contribution in [3.05, 3.63) is 141 Å². The zero-order chi connectivity index (χ0) is 35.1. The summed E-state index contributed by atoms with van der Waals surface area (Å²) in [6.07, 6.45) is -0.792. The smallest absolute Gasteiger partial charge is 0.416 e. The average molecular weight is 672 g/mol. The molecule has 1 aliphatic carbocycles. The van der Waals surface area contributed by atoms with Gasteiger partial charge in [0, 0.05) is 24.1 Å². The van der Waals surface area contributed by atoms with Crippen molar-refractivity contribution in [2.75, 3.05) is 7.11 Å². The molecule has 1 amide bonds. The molecule has 2 aromatic carbocycles. The van der Waals surface area contributed by atoms with Crippen LogP contribution in [0.15, 0.2) is 108 Å². The summed E-state index contributed by atoms with van der Waals surface area (Å²) in [6, 6.07) is 4.85. The van der Waals surface area contributed by atoms with Gasteiger partial charge >= 0.3 is 12.3 Å². The van der Waals surface area contributed by atoms with E-state index in [2.05, 4.69) is 18.9 Å². The van der Waals surface area contributed by atoms with E-state index in [0.29, 0.717) is 18.1 Å². The molecule has 3 atom stereocenters. The van der Waals surface area contributed by atoms with Crippen LogP contribution in [0, 0.1) is 0 Å². The maximum Gasteiger partial charge on any atom is 0.416 e. The molecule has 48 heavy (non-hydrogen) atoms. The molecule has 0 spiro atoms. The molecule has 0 aromatic heterocycles. The molecule has 4 nitrogen and oxygen atoms in total. The normalized spacial score (nSPS) is 21.5. The Morgan fingerprint density at radius 2 is 1.85 bits per heavy atom. The maximum absolute atomic E-state index is 15.6. The largest absolute Gasteiger partial charge is 0.495 e. The number of hydrogen-bond acceptors (Lipinski definition) is 3. The summed E-state index contributed by atoms with van der Waals surface area (Å²) in [4.78, 5) is 14.7. The van der Waals surface area contributed by atoms with Crippen LogP contribution in [-0.4, -0.2) is 24.1 Å². The lowest BCUT2D eigenvalue weighted by Crippen LogP contribution is -2.31. The van der Waals surface area contributed by atoms with Gasteiger partial charge in [-0.15, -0.1) is 5.73 Å². The van der Waals surface area contributed by atoms with E-state index >= 15 is 4.39 Å². The quantitative estimate of drug-likeness (QED) is 0.151. The molecule has 0 N–H and O–H groups in total. The van der Waals surface area contributed by atoms with Gasteiger partial charge in [-0.25, -0.2) is 22.4 Å². The average Bonchev–Trinajstić information content (AvgIpc) is 3.56. The molecule has 2 saturated heterocycles. The summed E-state index contributed by atoms with van der Waals surface area (Å²) in [5, 5.41) is 0. The van der Waals surface area contributed by atoms with Gasteiger partial charge in [0.05, 0.1) is 30.3 Å². The fourth-order valence-electron chi connectivity index (χ4n) is 6.40. The minimum Gasteiger partial charge on any atom is -0.495 e. The van der Waals surface area contributed by atoms with Crippen LogP contribution < -0.4 is 0 Å². The number of carbonyl (C=O) groups excluding carboxylic acids is 1. The second-order valence-electron chi connectivity index (χ2n) is 11.9. The first-order valence-corrected chi connectivity index (χ1v) is 15.0. The highest BCUT2D eigenvalue weighted by Gasteiger charge is 2.51. The molecule has 5 rings (SSSR count). The monoisotopic (exact) mass is 671 g/mol. The number of benzene rings is 2. The number of hydrogen-bond donors (Lipinski definition) is 0. The predicted octanol–water partition coefficient (Wildman–Crippen LogP) is 10.7. The molecule has 0 radical (unpaired) electrons. The first-order chi connectivity index (χ1) is 22.6. The van der Waals surface area contributed by atoms with Gasteiger partial charge in [-0.2, -0.15) is 13.2 Å². The van der Waals surface area contributed by atoms with E-state index in [1.54, 1.807) is 13.0 Å². The molecule has 2 aromatic rings. The zero-order valence-electron chi connectivity index (χ0n) is 26.4. The number of rotatable bonds is 9. The lowest BCUT2D eigenvalue weighted by molar-refractivity contribution is -0.137. The number of ether oxygens (including phenoxy) is 2. The highest BCUT2D eigenvalue weighted by molar-refractivity contribution is 5.82. The zero-order valence-corrected chi connectivity index (χ0v) is 26.4. The molecule has 0 saturated carbocycles. The molecular formula is C37H32F7NO3. The van der Waals surface area contributed by atoms with Crippen LogP contribution in [-0.2, 0) is 28.2 Å². The predicted molar refractivity (Wildman–Crippen MR) is 167 cm³/mol. The Balaban J connectivity index is 1.64. The second-order valence-corrected chi connectivity index (χ2v) is 11.9. The van der Waals surface area contributed by atoms with E-state index in [9.17, 15) is 31.1 Å². The third-order valence-electron chi connectivity index (χ3n) is 8.61. The van der Waals surface area contributed by atoms with Gasteiger partial charge in [-0.1, -0.05) is 36.9 Å². The topological polar surface area (TPSA) is 38.8 Å². The summed E-state index contributed by atoms with van der Waals surface area (Å²) in [5.41, 5.74) is 3.12. The molecule has 252 valence electrons. The Morgan fingerprint density at radius 1 is 1.12 bits per heavy atom. The molecule has 2 heterocycles. The molecule has 2 fully saturated rings. The van der Waals surface area contributed by atoms with Crippen LogP contribution in [0.2, 0.25) is 0 Å². The summed E-state index contributed by atoms with van der Waals surface area (Å²) < 4.78 is 111. The number of carbonyl (C=O) groups is 1. The lowest BCUT2D eigenvalue weighted by atomic mass is 9.90. The van der Waals surface area contributed by atoms with Crippen LogP contribution in [0.1, 0.15) is 72.2 Å². The van der Waals surface area contributed by atoms with Crippen molar-refractivity contribution in [1.82, 2.24) is 4.90 Å². The Kier molecular flexibility index (Phi) is 9.39. The van der Waals surface area contributed by atoms with Crippen LogP contribution in [0.25, 0.3) is 5.57 Å². The van der Waals surface area contributed by atoms with Crippen molar-refractivity contribution in [3.8, 4) is 0 Å². The minimum atomic E-state index is -4.74. The van der Waals surface area contributed by atoms with Crippen molar-refractivity contribution in [3.63, 3.8) is 0 Å². The highest BCUT2D eigenvalue weighted by Crippen LogP contribution is 2.50. The standard InChI is InChI=1S/C37H32F7NO3/c1-6-7-25(20(2)3)27-10-11-28(33(47-5)18-30(27)39)26-9-8-23(37(42,43)44)17-29(26)31-12-13-32-34(48-35(46)45(31)32)22-14-21(19-38)15-24(16-22)36(4,40)41/h6-10,14-18,31-32,34H,1-2,12-13,19H2,3-5H3. The third-order valence-corrected chi connectivity index (χ3v) is 8.61. The van der Waals surface area contributed by atoms with Crippen LogP contribution in [0.4, 0.5) is 35.5 Å². The SMILES string of the molecule is C=CC=C(C(=C)C)C1=C(F)C=C(OC)C(c2ccc(C(F)(F)F)cc2C2CCC3C(c4cc(CF)cc(C(C)(F)F)c4)OC(=O)N23)=C=C1. The first-order valence-electron chi connectivity index (χ1n) is 15.0. The van der Waals surface area contributed by atoms with Gasteiger partial charge in [0.25, 0.3) is 5.92 Å². The van der Waals surface area contributed by atoms with Crippen LogP contribution in [0.3, 0.4) is 0 Å². The second kappa shape index (κ2) is 13.0. The van der Waals surface area contributed by atoms with E-state index in [-0.39, 0.29) is 52.0 Å². The number of alkyl halides is 6. The Morgan fingerprint density at radius 3 is 2.46 bits per heavy atom. The summed E-state index contributed by atoms with van der Waals surface area (Å²) in [7, 11) is 1.28. The van der Waals surface area contributed by atoms with Gasteiger partial charge in [-0.3, -0.25) is 4.90 Å². The van der Waals surface area contributed by atoms with Crippen LogP contribution >= 0.6 is 0 Å². The van der Waals surface area contributed by atoms with Gasteiger partial charge in [0.1, 0.15) is 24.4 Å². The Labute approximate surface area is 273 Å². The third kappa shape index (κ3) is 6.52. The summed E-state index contributed by atoms with van der Waals surface area (Å²) in [5.74, 6) is -4.05. The minimum absolute atomic E-state index is 0.0304. The van der Waals surface area contributed by atoms with Gasteiger partial charge < -0.3 is 9.47 Å². The van der Waals surface area contributed by atoms with Crippen molar-refractivity contribution < 1.29 is 45.0 Å². The van der Waals surface area contributed by atoms with Crippen molar-refractivity contribution in [2.45, 2.75) is 63.7 Å². The van der Waals surface area contributed by atoms with Gasteiger partial charge in [0.2, 0.25) is 0 Å². The molecular weight excluding hydrogens is 639 g/mol. The highest BCUT2D eigenvalue weighted by atomic mass is 19.4. The van der Waals surface area contributed by atoms with Gasteiger partial charge in [0.15, 0.2) is 0 Å². The Bertz CT molecular complexity index is 1840. The maximum atomic E-state index is 15.6. The number of allylic oxidation sites excluding steroid dienone is 8. The van der Waals surface area contributed by atoms with E-state index in [4.69, 9.17) is 9.47 Å². The van der Waals surface area contributed by atoms with E-state index in [1.807, 2.05) is 0 Å². The first kappa shape index (κ1) is 34.6. The van der Waals surface area contributed by atoms with Crippen LogP contribution in [0.5, 0.6) is 0 Å². The van der Waals surface area contributed by atoms with E-state index in [1.165, 1.54) is 36.3 Å². The van der Waals surface area contributed by atoms with Crippen molar-refractivity contribution >= 4 is 11.7 Å². The fourth-order valence-corrected chi connectivity index (χ4v) is 6.40. The molecule has 11 heteroatoms. The number of nitrogens with zero attached hydrogens (tertiary/aromatic N) is 1. The van der Waals surface area contributed by atoms with E-state index < -0.39 is 60.0 Å². The van der Waals surface area contributed by atoms with Gasteiger partial charge in [-0.05, 0) is 84.0 Å². The number of amides is 1. The number of halogens is 7.